The van der Waals surface area contributed by atoms with Crippen LogP contribution in [0.4, 0.5) is 5.69 Å². The second-order valence-electron chi connectivity index (χ2n) is 16.9. The molecule has 0 aliphatic carbocycles. The highest BCUT2D eigenvalue weighted by atomic mass is 35.5. The highest BCUT2D eigenvalue weighted by molar-refractivity contribution is 6.31. The lowest BCUT2D eigenvalue weighted by Crippen LogP contribution is -2.45. The second kappa shape index (κ2) is 28.4. The number of nitrogens with zero attached hydrogens (tertiary/aromatic N) is 7. The van der Waals surface area contributed by atoms with Crippen molar-refractivity contribution in [2.45, 2.75) is 78.5 Å². The summed E-state index contributed by atoms with van der Waals surface area (Å²) < 4.78 is 11.9. The predicted octanol–water partition coefficient (Wildman–Crippen LogP) is 6.35. The molecule has 1 saturated heterocycles. The number of aromatic nitrogens is 3. The Morgan fingerprint density at radius 1 is 1.10 bits per heavy atom. The summed E-state index contributed by atoms with van der Waals surface area (Å²) in [4.78, 5) is 71.9. The largest absolute Gasteiger partial charge is 0.493 e. The van der Waals surface area contributed by atoms with Crippen LogP contribution in [0.15, 0.2) is 65.6 Å². The van der Waals surface area contributed by atoms with Crippen molar-refractivity contribution in [1.29, 1.82) is 5.26 Å². The summed E-state index contributed by atoms with van der Waals surface area (Å²) in [7, 11) is 4.89. The van der Waals surface area contributed by atoms with E-state index < -0.39 is 6.04 Å². The van der Waals surface area contributed by atoms with Gasteiger partial charge in [-0.25, -0.2) is 0 Å². The first-order valence-corrected chi connectivity index (χ1v) is 23.6. The van der Waals surface area contributed by atoms with Crippen molar-refractivity contribution in [3.63, 3.8) is 0 Å². The molecule has 1 aliphatic rings. The molecule has 2 atom stereocenters. The third kappa shape index (κ3) is 15.5. The molecular weight excluding hydrogens is 914 g/mol. The number of carbonyl (C=O) groups is 5. The summed E-state index contributed by atoms with van der Waals surface area (Å²) in [5.41, 5.74) is 6.62. The molecule has 1 fully saturated rings. The van der Waals surface area contributed by atoms with Crippen LogP contribution in [0.3, 0.4) is 0 Å². The number of nitrogens with one attached hydrogen (secondary N) is 4. The molecule has 0 spiro atoms. The van der Waals surface area contributed by atoms with Crippen molar-refractivity contribution in [3.05, 3.63) is 93.5 Å². The Balaban J connectivity index is 0.000000313. The number of ether oxygens (including phenoxy) is 2. The lowest BCUT2D eigenvalue weighted by Gasteiger charge is -2.31. The molecule has 1 aliphatic heterocycles. The van der Waals surface area contributed by atoms with Crippen molar-refractivity contribution >= 4 is 71.4 Å². The molecule has 1 unspecified atom stereocenters. The number of likely N-dealkylation sites (tertiary alicyclic amines) is 1. The molecule has 0 radical (unpaired) electrons. The predicted molar refractivity (Wildman–Crippen MR) is 272 cm³/mol. The zero-order valence-electron chi connectivity index (χ0n) is 41.2. The summed E-state index contributed by atoms with van der Waals surface area (Å²) in [6, 6.07) is 10.8. The standard InChI is InChI=1S/C28H32ClN7O3.C23H34N4O4/c1-18-14-33-16-23(29)27(18)19(2)39-26-11-22-24(12-25(26)38-5)34-35-28(22)21(15-32-4)10-20(13-30)6-8-36(17-37)9-7-31-3;1-17-9-11-26(12-10-17)22(30)14-25-20-7-4-6-18(2)19(20)15-27(16-29)21(8-5-13-28)23(31)24-3/h10-12,14-17,19,31H,4,6-9H2,1-3,5H3,(H,34,35);4,6-7,13,16-17,21,25H,5,8-12,14-15H2,1-3H3,(H,24,31)/b20-10+,21-15+;/t19-;/m1./s1. The molecule has 5 rings (SSSR count). The number of aromatic amines is 1. The Morgan fingerprint density at radius 2 is 1.86 bits per heavy atom. The molecule has 19 heteroatoms. The number of benzene rings is 2. The summed E-state index contributed by atoms with van der Waals surface area (Å²) in [5.74, 6) is 1.41. The highest BCUT2D eigenvalue weighted by Crippen LogP contribution is 2.39. The van der Waals surface area contributed by atoms with E-state index in [9.17, 15) is 29.2 Å². The third-order valence-electron chi connectivity index (χ3n) is 12.1. The fourth-order valence-electron chi connectivity index (χ4n) is 8.01. The molecule has 374 valence electrons. The van der Waals surface area contributed by atoms with E-state index >= 15 is 0 Å². The Kier molecular flexibility index (Phi) is 22.5. The van der Waals surface area contributed by atoms with E-state index in [0.717, 1.165) is 72.0 Å². The number of aldehydes is 1. The first-order chi connectivity index (χ1) is 33.8. The van der Waals surface area contributed by atoms with E-state index in [2.05, 4.69) is 55.8 Å². The number of pyridine rings is 1. The average molecular weight is 981 g/mol. The maximum atomic E-state index is 12.6. The number of carbonyl (C=O) groups excluding carboxylic acids is 5. The third-order valence-corrected chi connectivity index (χ3v) is 12.4. The smallest absolute Gasteiger partial charge is 0.242 e. The number of likely N-dealkylation sites (N-methyl/N-ethyl adjacent to an activating group) is 2. The van der Waals surface area contributed by atoms with Gasteiger partial charge in [-0.3, -0.25) is 34.3 Å². The van der Waals surface area contributed by atoms with Crippen molar-refractivity contribution < 1.29 is 33.4 Å². The van der Waals surface area contributed by atoms with E-state index in [1.165, 1.54) is 11.9 Å². The number of H-pyrrole nitrogens is 1. The number of amides is 4. The SMILES string of the molecule is C=N/C=C(\C=C(\C#N)CCN(C=O)CCNC)c1n[nH]c2cc(OC)c(O[C@H](C)c3c(C)cncc3Cl)cc12.CNC(=O)C(CCC=O)N(C=O)Cc1c(C)cccc1NCC(=O)N1CCC(C)CC1. The molecule has 2 aromatic heterocycles. The maximum Gasteiger partial charge on any atom is 0.242 e. The molecule has 4 N–H and O–H groups in total. The van der Waals surface area contributed by atoms with Crippen LogP contribution < -0.4 is 25.4 Å². The number of halogens is 1. The van der Waals surface area contributed by atoms with Crippen molar-refractivity contribution in [3.8, 4) is 17.6 Å². The van der Waals surface area contributed by atoms with E-state index in [1.54, 1.807) is 42.7 Å². The number of methoxy groups -OCH3 is 1. The van der Waals surface area contributed by atoms with Gasteiger partial charge in [0.2, 0.25) is 24.6 Å². The quantitative estimate of drug-likeness (QED) is 0.0247. The normalized spacial score (nSPS) is 13.7. The van der Waals surface area contributed by atoms with Crippen LogP contribution in [0.5, 0.6) is 11.5 Å². The molecule has 2 aromatic carbocycles. The van der Waals surface area contributed by atoms with E-state index in [1.807, 2.05) is 57.0 Å². The Labute approximate surface area is 415 Å². The Morgan fingerprint density at radius 3 is 2.49 bits per heavy atom. The number of fused-ring (bicyclic) bond motifs is 1. The van der Waals surface area contributed by atoms with E-state index in [-0.39, 0.29) is 43.8 Å². The van der Waals surface area contributed by atoms with Crippen molar-refractivity contribution in [1.82, 2.24) is 40.5 Å². The first-order valence-electron chi connectivity index (χ1n) is 23.2. The number of rotatable bonds is 25. The molecule has 4 amide bonds. The van der Waals surface area contributed by atoms with Gasteiger partial charge >= 0.3 is 0 Å². The summed E-state index contributed by atoms with van der Waals surface area (Å²) in [5, 5.41) is 27.3. The van der Waals surface area contributed by atoms with Crippen molar-refractivity contribution in [2.75, 3.05) is 65.8 Å². The highest BCUT2D eigenvalue weighted by Gasteiger charge is 2.26. The van der Waals surface area contributed by atoms with Gasteiger partial charge in [0.25, 0.3) is 0 Å². The maximum absolute atomic E-state index is 12.6. The van der Waals surface area contributed by atoms with Gasteiger partial charge in [-0.15, -0.1) is 0 Å². The Bertz CT molecular complexity index is 2510. The lowest BCUT2D eigenvalue weighted by atomic mass is 9.99. The molecule has 0 saturated carbocycles. The lowest BCUT2D eigenvalue weighted by molar-refractivity contribution is -0.133. The van der Waals surface area contributed by atoms with Crippen molar-refractivity contribution in [2.24, 2.45) is 10.9 Å². The minimum absolute atomic E-state index is 0.0563. The number of piperidine rings is 1. The molecule has 70 heavy (non-hydrogen) atoms. The minimum atomic E-state index is -0.739. The van der Waals surface area contributed by atoms with Gasteiger partial charge < -0.3 is 44.9 Å². The average Bonchev–Trinajstić information content (AvgIpc) is 3.77. The number of allylic oxidation sites excluding steroid dienone is 2. The number of hydrogen-bond acceptors (Lipinski definition) is 13. The van der Waals surface area contributed by atoms with Gasteiger partial charge in [0.05, 0.1) is 30.3 Å². The first kappa shape index (κ1) is 55.5. The summed E-state index contributed by atoms with van der Waals surface area (Å²) in [6.45, 7) is 15.1. The zero-order valence-corrected chi connectivity index (χ0v) is 42.0. The molecular formula is C51H66ClN11O7. The minimum Gasteiger partial charge on any atom is -0.493 e. The van der Waals surface area contributed by atoms with Gasteiger partial charge in [-0.2, -0.15) is 10.4 Å². The Hall–Kier alpha value is -7.10. The van der Waals surface area contributed by atoms with Gasteiger partial charge in [-0.1, -0.05) is 30.7 Å². The van der Waals surface area contributed by atoms with E-state index in [0.29, 0.717) is 77.3 Å². The van der Waals surface area contributed by atoms with Gasteiger partial charge in [0.15, 0.2) is 11.5 Å². The van der Waals surface area contributed by atoms with Crippen LogP contribution in [0.2, 0.25) is 5.02 Å². The molecule has 0 bridgehead atoms. The number of nitriles is 1. The second-order valence-corrected chi connectivity index (χ2v) is 17.4. The van der Waals surface area contributed by atoms with Gasteiger partial charge in [-0.05, 0) is 94.6 Å². The van der Waals surface area contributed by atoms with Crippen LogP contribution >= 0.6 is 11.6 Å². The molecule has 3 heterocycles. The van der Waals surface area contributed by atoms with Crippen LogP contribution in [-0.4, -0.2) is 134 Å². The molecule has 4 aromatic rings. The topological polar surface area (TPSA) is 227 Å². The number of aliphatic imine (C=N–C) groups is 1. The summed E-state index contributed by atoms with van der Waals surface area (Å²) >= 11 is 6.41. The van der Waals surface area contributed by atoms with Crippen LogP contribution in [-0.2, 0) is 30.5 Å². The summed E-state index contributed by atoms with van der Waals surface area (Å²) in [6.07, 6.45) is 11.2. The zero-order chi connectivity index (χ0) is 51.2. The van der Waals surface area contributed by atoms with Gasteiger partial charge in [0, 0.05) is 112 Å². The van der Waals surface area contributed by atoms with Crippen LogP contribution in [0.1, 0.15) is 80.0 Å². The fourth-order valence-corrected chi connectivity index (χ4v) is 8.37. The number of hydrogen-bond donors (Lipinski definition) is 4. The number of anilines is 1. The van der Waals surface area contributed by atoms with Crippen LogP contribution in [0.25, 0.3) is 16.5 Å². The molecule has 18 nitrogen and oxygen atoms in total. The van der Waals surface area contributed by atoms with Crippen LogP contribution in [0, 0.1) is 31.1 Å². The fraction of sp³-hybridized carbons (Fsp3) is 0.431. The van der Waals surface area contributed by atoms with E-state index in [4.69, 9.17) is 21.1 Å². The monoisotopic (exact) mass is 979 g/mol. The number of aryl methyl sites for hydroxylation is 2. The van der Waals surface area contributed by atoms with Gasteiger partial charge in [0.1, 0.15) is 24.1 Å².